The molecule has 0 rings (SSSR count). The van der Waals surface area contributed by atoms with E-state index in [-0.39, 0.29) is 46.1 Å². The van der Waals surface area contributed by atoms with Gasteiger partial charge in [0.05, 0.1) is 6.10 Å². The average molecular weight is 178 g/mol. The molecule has 1 nitrogen and oxygen atoms in total. The molecule has 0 aliphatic heterocycles. The number of aliphatic hydroxyl groups is 1. The molecule has 0 radical (unpaired) electrons. The van der Waals surface area contributed by atoms with E-state index in [1.165, 1.54) is 0 Å². The second-order valence-corrected chi connectivity index (χ2v) is 1.26. The minimum absolute atomic E-state index is 0. The van der Waals surface area contributed by atoms with E-state index in [4.69, 9.17) is 5.11 Å². The van der Waals surface area contributed by atoms with Gasteiger partial charge in [0.1, 0.15) is 0 Å². The fourth-order valence-electron chi connectivity index (χ4n) is 0. The summed E-state index contributed by atoms with van der Waals surface area (Å²) in [5, 5.41) is 8.36. The number of aliphatic hydroxyl groups excluding tert-OH is 1. The molecule has 7 heavy (non-hydrogen) atoms. The van der Waals surface area contributed by atoms with Crippen LogP contribution in [0.25, 0.3) is 0 Å². The monoisotopic (exact) mass is 177 g/mol. The molecule has 0 saturated carbocycles. The summed E-state index contributed by atoms with van der Waals surface area (Å²) in [5.74, 6) is 0. The largest absolute Gasteiger partial charge is 2.00 e. The maximum atomic E-state index is 8.36. The van der Waals surface area contributed by atoms with E-state index in [2.05, 4.69) is 0 Å². The van der Waals surface area contributed by atoms with Gasteiger partial charge in [0.15, 0.2) is 0 Å². The third kappa shape index (κ3) is 19.0. The summed E-state index contributed by atoms with van der Waals surface area (Å²) in [7, 11) is 0. The van der Waals surface area contributed by atoms with Gasteiger partial charge in [-0.05, 0) is 13.3 Å². The first-order chi connectivity index (χ1) is 2.27. The van der Waals surface area contributed by atoms with Crippen LogP contribution in [-0.4, -0.2) is 34.3 Å². The predicted molar refractivity (Wildman–Crippen MR) is 27.7 cm³/mol. The Bertz CT molecular complexity index is 25.7. The fraction of sp³-hybridized carbons (Fsp3) is 1.00. The van der Waals surface area contributed by atoms with E-state index in [1.54, 1.807) is 6.92 Å². The third-order valence-corrected chi connectivity index (χ3v) is 0.591. The molecule has 40 valence electrons. The van der Waals surface area contributed by atoms with Gasteiger partial charge in [0.2, 0.25) is 0 Å². The van der Waals surface area contributed by atoms with E-state index in [1.807, 2.05) is 6.92 Å². The average Bonchev–Trinajstić information content (AvgIpc) is 1.38. The smallest absolute Gasteiger partial charge is 1.00 e. The van der Waals surface area contributed by atoms with Gasteiger partial charge in [-0.15, -0.1) is 0 Å². The SMILES string of the molecule is CCC(C)O.[Br-].[Mg+2]. The van der Waals surface area contributed by atoms with Gasteiger partial charge in [-0.3, -0.25) is 0 Å². The van der Waals surface area contributed by atoms with Crippen molar-refractivity contribution in [2.45, 2.75) is 26.4 Å². The second kappa shape index (κ2) is 10.2. The summed E-state index contributed by atoms with van der Waals surface area (Å²) in [5.41, 5.74) is 0. The van der Waals surface area contributed by atoms with Crippen LogP contribution in [0.5, 0.6) is 0 Å². The minimum atomic E-state index is -0.116. The van der Waals surface area contributed by atoms with Crippen molar-refractivity contribution in [2.75, 3.05) is 0 Å². The molecule has 0 aliphatic rings. The molecular formula is C4H10BrMgO+. The summed E-state index contributed by atoms with van der Waals surface area (Å²) in [6.07, 6.45) is 0.745. The summed E-state index contributed by atoms with van der Waals surface area (Å²) in [6, 6.07) is 0. The van der Waals surface area contributed by atoms with Crippen molar-refractivity contribution >= 4 is 23.1 Å². The van der Waals surface area contributed by atoms with Crippen LogP contribution in [0.3, 0.4) is 0 Å². The Morgan fingerprint density at radius 2 is 1.71 bits per heavy atom. The van der Waals surface area contributed by atoms with E-state index in [0.717, 1.165) is 6.42 Å². The van der Waals surface area contributed by atoms with Crippen LogP contribution in [0.2, 0.25) is 0 Å². The standard InChI is InChI=1S/C4H10O.BrH.Mg/c1-3-4(2)5;;/h4-5H,3H2,1-2H3;1H;/q;;+2/p-1. The van der Waals surface area contributed by atoms with Crippen molar-refractivity contribution < 1.29 is 22.1 Å². The molecule has 0 bridgehead atoms. The molecule has 1 N–H and O–H groups in total. The van der Waals surface area contributed by atoms with E-state index < -0.39 is 0 Å². The Morgan fingerprint density at radius 3 is 1.71 bits per heavy atom. The van der Waals surface area contributed by atoms with E-state index in [0.29, 0.717) is 0 Å². The quantitative estimate of drug-likeness (QED) is 0.437. The van der Waals surface area contributed by atoms with Crippen LogP contribution in [0.1, 0.15) is 20.3 Å². The Hall–Kier alpha value is 1.21. The van der Waals surface area contributed by atoms with Crippen LogP contribution in [-0.2, 0) is 0 Å². The Balaban J connectivity index is -0.0000000800. The van der Waals surface area contributed by atoms with Crippen molar-refractivity contribution in [1.82, 2.24) is 0 Å². The Labute approximate surface area is 71.4 Å². The summed E-state index contributed by atoms with van der Waals surface area (Å²) < 4.78 is 0. The molecule has 0 aliphatic carbocycles. The van der Waals surface area contributed by atoms with Gasteiger partial charge >= 0.3 is 23.1 Å². The first kappa shape index (κ1) is 15.7. The zero-order chi connectivity index (χ0) is 4.28. The molecule has 3 heteroatoms. The zero-order valence-electron chi connectivity index (χ0n) is 4.82. The topological polar surface area (TPSA) is 20.2 Å². The van der Waals surface area contributed by atoms with Crippen LogP contribution >= 0.6 is 0 Å². The van der Waals surface area contributed by atoms with Crippen molar-refractivity contribution in [3.63, 3.8) is 0 Å². The van der Waals surface area contributed by atoms with Gasteiger partial charge in [0, 0.05) is 0 Å². The molecule has 0 aromatic heterocycles. The molecule has 0 spiro atoms. The Morgan fingerprint density at radius 1 is 1.57 bits per heavy atom. The van der Waals surface area contributed by atoms with Crippen LogP contribution in [0.15, 0.2) is 0 Å². The second-order valence-electron chi connectivity index (χ2n) is 1.26. The maximum Gasteiger partial charge on any atom is 2.00 e. The van der Waals surface area contributed by atoms with Gasteiger partial charge in [0.25, 0.3) is 0 Å². The number of hydrogen-bond acceptors (Lipinski definition) is 1. The van der Waals surface area contributed by atoms with Crippen LogP contribution in [0.4, 0.5) is 0 Å². The first-order valence-corrected chi connectivity index (χ1v) is 1.95. The molecular weight excluding hydrogens is 168 g/mol. The molecule has 0 aromatic carbocycles. The minimum Gasteiger partial charge on any atom is -1.00 e. The van der Waals surface area contributed by atoms with Gasteiger partial charge in [-0.25, -0.2) is 0 Å². The summed E-state index contributed by atoms with van der Waals surface area (Å²) >= 11 is 0. The molecule has 0 fully saturated rings. The molecule has 0 heterocycles. The molecule has 1 atom stereocenters. The third-order valence-electron chi connectivity index (χ3n) is 0.591. The van der Waals surface area contributed by atoms with Gasteiger partial charge < -0.3 is 22.1 Å². The van der Waals surface area contributed by atoms with Gasteiger partial charge in [-0.2, -0.15) is 0 Å². The molecule has 0 saturated heterocycles. The van der Waals surface area contributed by atoms with Crippen molar-refractivity contribution in [3.8, 4) is 0 Å². The summed E-state index contributed by atoms with van der Waals surface area (Å²) in [4.78, 5) is 0. The molecule has 1 unspecified atom stereocenters. The van der Waals surface area contributed by atoms with E-state index >= 15 is 0 Å². The normalized spacial score (nSPS) is 10.7. The first-order valence-electron chi connectivity index (χ1n) is 1.95. The predicted octanol–water partition coefficient (Wildman–Crippen LogP) is -2.60. The fourth-order valence-corrected chi connectivity index (χ4v) is 0. The van der Waals surface area contributed by atoms with E-state index in [9.17, 15) is 0 Å². The number of halogens is 1. The maximum absolute atomic E-state index is 8.36. The summed E-state index contributed by atoms with van der Waals surface area (Å²) in [6.45, 7) is 3.73. The number of rotatable bonds is 1. The molecule has 0 aromatic rings. The van der Waals surface area contributed by atoms with Crippen LogP contribution < -0.4 is 17.0 Å². The zero-order valence-corrected chi connectivity index (χ0v) is 7.82. The van der Waals surface area contributed by atoms with Crippen molar-refractivity contribution in [2.24, 2.45) is 0 Å². The van der Waals surface area contributed by atoms with Crippen molar-refractivity contribution in [1.29, 1.82) is 0 Å². The van der Waals surface area contributed by atoms with Gasteiger partial charge in [-0.1, -0.05) is 6.92 Å². The molecule has 0 amide bonds. The van der Waals surface area contributed by atoms with Crippen molar-refractivity contribution in [3.05, 3.63) is 0 Å². The Kier molecular flexibility index (Phi) is 23.0. The van der Waals surface area contributed by atoms with Crippen LogP contribution in [0, 0.1) is 0 Å². The number of hydrogen-bond donors (Lipinski definition) is 1.